The molecule has 156 valence electrons. The van der Waals surface area contributed by atoms with Crippen LogP contribution in [0.4, 0.5) is 0 Å². The molecule has 4 aliphatic rings. The van der Waals surface area contributed by atoms with Gasteiger partial charge in [-0.25, -0.2) is 13.4 Å². The van der Waals surface area contributed by atoms with E-state index < -0.39 is 14.6 Å². The molecule has 0 saturated heterocycles. The number of carbonyl (C=O) groups is 1. The highest BCUT2D eigenvalue weighted by atomic mass is 35.5. The van der Waals surface area contributed by atoms with Crippen LogP contribution in [-0.4, -0.2) is 35.5 Å². The summed E-state index contributed by atoms with van der Waals surface area (Å²) in [6.45, 7) is 0. The monoisotopic (exact) mass is 479 g/mol. The van der Waals surface area contributed by atoms with Crippen LogP contribution in [-0.2, 0) is 20.0 Å². The van der Waals surface area contributed by atoms with Crippen molar-refractivity contribution in [2.75, 3.05) is 6.26 Å². The number of carbonyl (C=O) groups excluding carboxylic acids is 1. The van der Waals surface area contributed by atoms with Gasteiger partial charge in [0.25, 0.3) is 5.91 Å². The molecule has 0 aliphatic heterocycles. The molecule has 0 atom stereocenters. The standard InChI is InChI=1S/C20H18ClN3O3S3/c1-30(26,27)20(4-5-20)15-7-13(24-29-15)16(25)23-19-8-18(9-19,10-19)17-22-12-3-2-11(21)6-14(12)28-17/h2-3,6-7H,4-5,8-10H2,1H3,(H,23,25). The lowest BCUT2D eigenvalue weighted by molar-refractivity contribution is -0.0808. The number of aromatic nitrogens is 2. The predicted octanol–water partition coefficient (Wildman–Crippen LogP) is 4.04. The molecule has 4 aliphatic carbocycles. The van der Waals surface area contributed by atoms with Gasteiger partial charge in [-0.15, -0.1) is 11.3 Å². The molecular formula is C20H18ClN3O3S3. The minimum atomic E-state index is -3.21. The summed E-state index contributed by atoms with van der Waals surface area (Å²) in [5.41, 5.74) is 1.16. The topological polar surface area (TPSA) is 89.0 Å². The summed E-state index contributed by atoms with van der Waals surface area (Å²) in [6.07, 6.45) is 5.11. The van der Waals surface area contributed by atoms with Crippen molar-refractivity contribution in [2.45, 2.75) is 47.8 Å². The minimum Gasteiger partial charge on any atom is -0.345 e. The Balaban J connectivity index is 1.16. The lowest BCUT2D eigenvalue weighted by atomic mass is 9.39. The van der Waals surface area contributed by atoms with Gasteiger partial charge in [-0.2, -0.15) is 4.37 Å². The van der Waals surface area contributed by atoms with Gasteiger partial charge in [0.15, 0.2) is 9.84 Å². The van der Waals surface area contributed by atoms with Crippen LogP contribution in [0.15, 0.2) is 24.3 Å². The Hall–Kier alpha value is -1.55. The Labute approximate surface area is 186 Å². The fourth-order valence-corrected chi connectivity index (χ4v) is 9.22. The van der Waals surface area contributed by atoms with Gasteiger partial charge in [0.2, 0.25) is 0 Å². The van der Waals surface area contributed by atoms with E-state index in [0.29, 0.717) is 28.4 Å². The smallest absolute Gasteiger partial charge is 0.271 e. The van der Waals surface area contributed by atoms with E-state index in [9.17, 15) is 13.2 Å². The van der Waals surface area contributed by atoms with Crippen LogP contribution < -0.4 is 5.32 Å². The number of benzene rings is 1. The molecule has 2 bridgehead atoms. The van der Waals surface area contributed by atoms with Crippen LogP contribution in [0.1, 0.15) is 52.5 Å². The van der Waals surface area contributed by atoms with Gasteiger partial charge in [0, 0.05) is 27.1 Å². The highest BCUT2D eigenvalue weighted by molar-refractivity contribution is 7.92. The van der Waals surface area contributed by atoms with Crippen LogP contribution in [0.3, 0.4) is 0 Å². The third-order valence-corrected chi connectivity index (χ3v) is 11.5. The fourth-order valence-electron chi connectivity index (χ4n) is 5.09. The Bertz CT molecular complexity index is 1320. The van der Waals surface area contributed by atoms with Crippen molar-refractivity contribution in [2.24, 2.45) is 0 Å². The number of thiazole rings is 1. The second kappa shape index (κ2) is 5.82. The zero-order valence-corrected chi connectivity index (χ0v) is 19.3. The van der Waals surface area contributed by atoms with Gasteiger partial charge >= 0.3 is 0 Å². The normalized spacial score (nSPS) is 28.6. The SMILES string of the molecule is CS(=O)(=O)C1(c2cc(C(=O)NC34CC(c5nc6ccc(Cl)cc6s5)(C3)C4)ns2)CC1. The Morgan fingerprint density at radius 2 is 1.93 bits per heavy atom. The van der Waals surface area contributed by atoms with Crippen molar-refractivity contribution in [3.63, 3.8) is 0 Å². The predicted molar refractivity (Wildman–Crippen MR) is 118 cm³/mol. The van der Waals surface area contributed by atoms with E-state index in [2.05, 4.69) is 9.69 Å². The Kier molecular flexibility index (Phi) is 3.72. The first-order valence-electron chi connectivity index (χ1n) is 9.70. The fraction of sp³-hybridized carbons (Fsp3) is 0.450. The molecule has 1 aromatic carbocycles. The third-order valence-electron chi connectivity index (χ3n) is 6.82. The van der Waals surface area contributed by atoms with Gasteiger partial charge in [0.1, 0.15) is 15.4 Å². The second-order valence-electron chi connectivity index (χ2n) is 9.02. The number of nitrogens with zero attached hydrogens (tertiary/aromatic N) is 2. The summed E-state index contributed by atoms with van der Waals surface area (Å²) < 4.78 is 28.7. The number of amides is 1. The maximum atomic E-state index is 12.8. The zero-order chi connectivity index (χ0) is 20.9. The molecule has 4 saturated carbocycles. The van der Waals surface area contributed by atoms with Crippen LogP contribution in [0, 0.1) is 0 Å². The first-order chi connectivity index (χ1) is 14.1. The van der Waals surface area contributed by atoms with Gasteiger partial charge in [-0.3, -0.25) is 4.79 Å². The molecule has 2 heterocycles. The molecule has 7 rings (SSSR count). The average Bonchev–Trinajstić information content (AvgIpc) is 3.11. The molecule has 0 spiro atoms. The molecule has 0 unspecified atom stereocenters. The summed E-state index contributed by atoms with van der Waals surface area (Å²) in [6, 6.07) is 7.41. The van der Waals surface area contributed by atoms with Gasteiger partial charge in [-0.05, 0) is 67.9 Å². The van der Waals surface area contributed by atoms with Crippen molar-refractivity contribution in [1.82, 2.24) is 14.7 Å². The van der Waals surface area contributed by atoms with Crippen LogP contribution in [0.5, 0.6) is 0 Å². The maximum Gasteiger partial charge on any atom is 0.271 e. The van der Waals surface area contributed by atoms with Gasteiger partial charge in [-0.1, -0.05) is 11.6 Å². The third kappa shape index (κ3) is 2.58. The molecule has 2 aromatic heterocycles. The van der Waals surface area contributed by atoms with Gasteiger partial charge in [0.05, 0.1) is 10.2 Å². The lowest BCUT2D eigenvalue weighted by Gasteiger charge is -2.69. The number of fused-ring (bicyclic) bond motifs is 1. The van der Waals surface area contributed by atoms with Crippen molar-refractivity contribution in [3.05, 3.63) is 44.9 Å². The zero-order valence-electron chi connectivity index (χ0n) is 16.1. The van der Waals surface area contributed by atoms with Crippen molar-refractivity contribution in [1.29, 1.82) is 0 Å². The molecule has 1 N–H and O–H groups in total. The number of sulfone groups is 1. The number of nitrogens with one attached hydrogen (secondary N) is 1. The quantitative estimate of drug-likeness (QED) is 0.596. The highest BCUT2D eigenvalue weighted by Crippen LogP contribution is 2.68. The second-order valence-corrected chi connectivity index (χ2v) is 13.6. The Morgan fingerprint density at radius 1 is 1.20 bits per heavy atom. The van der Waals surface area contributed by atoms with E-state index in [1.54, 1.807) is 17.4 Å². The van der Waals surface area contributed by atoms with E-state index in [1.807, 2.05) is 18.2 Å². The maximum absolute atomic E-state index is 12.8. The number of hydrogen-bond acceptors (Lipinski definition) is 7. The van der Waals surface area contributed by atoms with E-state index in [1.165, 1.54) is 6.26 Å². The highest BCUT2D eigenvalue weighted by Gasteiger charge is 2.70. The molecular weight excluding hydrogens is 462 g/mol. The molecule has 3 aromatic rings. The summed E-state index contributed by atoms with van der Waals surface area (Å²) in [5, 5.41) is 4.98. The van der Waals surface area contributed by atoms with E-state index in [-0.39, 0.29) is 16.9 Å². The summed E-state index contributed by atoms with van der Waals surface area (Å²) in [5.74, 6) is -0.216. The first kappa shape index (κ1) is 19.2. The molecule has 10 heteroatoms. The molecule has 30 heavy (non-hydrogen) atoms. The van der Waals surface area contributed by atoms with Gasteiger partial charge < -0.3 is 5.32 Å². The Morgan fingerprint density at radius 3 is 2.60 bits per heavy atom. The van der Waals surface area contributed by atoms with Crippen LogP contribution >= 0.6 is 34.5 Å². The van der Waals surface area contributed by atoms with Crippen molar-refractivity contribution in [3.8, 4) is 0 Å². The lowest BCUT2D eigenvalue weighted by Crippen LogP contribution is -2.76. The largest absolute Gasteiger partial charge is 0.345 e. The van der Waals surface area contributed by atoms with Crippen molar-refractivity contribution >= 4 is 60.4 Å². The first-order valence-corrected chi connectivity index (χ1v) is 13.6. The molecule has 6 nitrogen and oxygen atoms in total. The van der Waals surface area contributed by atoms with Crippen molar-refractivity contribution < 1.29 is 13.2 Å². The summed E-state index contributed by atoms with van der Waals surface area (Å²) in [4.78, 5) is 18.2. The van der Waals surface area contributed by atoms with E-state index in [0.717, 1.165) is 46.0 Å². The molecule has 4 fully saturated rings. The van der Waals surface area contributed by atoms with E-state index >= 15 is 0 Å². The molecule has 1 amide bonds. The number of rotatable bonds is 5. The van der Waals surface area contributed by atoms with Crippen LogP contribution in [0.25, 0.3) is 10.2 Å². The minimum absolute atomic E-state index is 0.0606. The van der Waals surface area contributed by atoms with E-state index in [4.69, 9.17) is 16.6 Å². The average molecular weight is 480 g/mol. The van der Waals surface area contributed by atoms with Crippen LogP contribution in [0.2, 0.25) is 5.02 Å². The number of hydrogen-bond donors (Lipinski definition) is 1. The summed E-state index contributed by atoms with van der Waals surface area (Å²) >= 11 is 8.90. The molecule has 0 radical (unpaired) electrons. The number of halogens is 1. The summed E-state index contributed by atoms with van der Waals surface area (Å²) in [7, 11) is -3.21.